The second-order valence-corrected chi connectivity index (χ2v) is 5.27. The number of ether oxygens (including phenoxy) is 1. The van der Waals surface area contributed by atoms with Crippen molar-refractivity contribution in [2.45, 2.75) is 19.4 Å². The third-order valence-corrected chi connectivity index (χ3v) is 3.83. The number of esters is 1. The largest absolute Gasteiger partial charge is 0.469 e. The molecule has 0 fully saturated rings. The molecule has 2 rings (SSSR count). The Morgan fingerprint density at radius 2 is 1.57 bits per heavy atom. The fourth-order valence-electron chi connectivity index (χ4n) is 2.58. The average Bonchev–Trinajstić information content (AvgIpc) is 2.62. The van der Waals surface area contributed by atoms with E-state index in [1.807, 2.05) is 55.5 Å². The Hall–Kier alpha value is -2.62. The Morgan fingerprint density at radius 3 is 2.09 bits per heavy atom. The second-order valence-electron chi connectivity index (χ2n) is 5.27. The molecule has 1 N–H and O–H groups in total. The molecule has 0 heterocycles. The van der Waals surface area contributed by atoms with Gasteiger partial charge in [0.05, 0.1) is 19.1 Å². The summed E-state index contributed by atoms with van der Waals surface area (Å²) in [6, 6.07) is 18.0. The Morgan fingerprint density at radius 1 is 1.00 bits per heavy atom. The van der Waals surface area contributed by atoms with Gasteiger partial charge in [-0.15, -0.1) is 0 Å². The maximum absolute atomic E-state index is 12.5. The van der Waals surface area contributed by atoms with Crippen LogP contribution in [-0.2, 0) is 9.53 Å². The van der Waals surface area contributed by atoms with Crippen LogP contribution in [0.3, 0.4) is 0 Å². The zero-order chi connectivity index (χ0) is 16.7. The molecule has 0 aliphatic rings. The number of amides is 1. The number of rotatable bonds is 6. The van der Waals surface area contributed by atoms with Crippen LogP contribution in [0, 0.1) is 5.92 Å². The van der Waals surface area contributed by atoms with Gasteiger partial charge in [-0.3, -0.25) is 9.59 Å². The van der Waals surface area contributed by atoms with Crippen LogP contribution in [0.15, 0.2) is 60.7 Å². The Labute approximate surface area is 136 Å². The van der Waals surface area contributed by atoms with Gasteiger partial charge in [0.1, 0.15) is 0 Å². The van der Waals surface area contributed by atoms with Crippen LogP contribution < -0.4 is 5.32 Å². The highest BCUT2D eigenvalue weighted by atomic mass is 16.5. The topological polar surface area (TPSA) is 55.4 Å². The highest BCUT2D eigenvalue weighted by molar-refractivity contribution is 5.94. The van der Waals surface area contributed by atoms with E-state index in [2.05, 4.69) is 5.32 Å². The molecular weight excluding hydrogens is 290 g/mol. The number of hydrogen-bond donors (Lipinski definition) is 1. The summed E-state index contributed by atoms with van der Waals surface area (Å²) in [6.45, 7) is 1.91. The molecule has 4 heteroatoms. The number of benzene rings is 2. The predicted octanol–water partition coefficient (Wildman–Crippen LogP) is 3.36. The highest BCUT2D eigenvalue weighted by Gasteiger charge is 2.30. The first-order valence-corrected chi connectivity index (χ1v) is 7.66. The molecule has 2 aromatic carbocycles. The zero-order valence-corrected chi connectivity index (χ0v) is 13.4. The van der Waals surface area contributed by atoms with Crippen molar-refractivity contribution in [3.63, 3.8) is 0 Å². The number of nitrogens with one attached hydrogen (secondary N) is 1. The molecule has 0 bridgehead atoms. The maximum Gasteiger partial charge on any atom is 0.311 e. The molecule has 23 heavy (non-hydrogen) atoms. The van der Waals surface area contributed by atoms with Crippen molar-refractivity contribution < 1.29 is 14.3 Å². The van der Waals surface area contributed by atoms with Gasteiger partial charge in [-0.1, -0.05) is 55.5 Å². The quantitative estimate of drug-likeness (QED) is 0.832. The lowest BCUT2D eigenvalue weighted by Crippen LogP contribution is -2.37. The first-order chi connectivity index (χ1) is 11.2. The van der Waals surface area contributed by atoms with E-state index in [9.17, 15) is 9.59 Å². The summed E-state index contributed by atoms with van der Waals surface area (Å²) in [4.78, 5) is 24.6. The van der Waals surface area contributed by atoms with Gasteiger partial charge < -0.3 is 10.1 Å². The van der Waals surface area contributed by atoms with E-state index >= 15 is 0 Å². The van der Waals surface area contributed by atoms with E-state index in [-0.39, 0.29) is 11.9 Å². The molecule has 1 amide bonds. The van der Waals surface area contributed by atoms with Gasteiger partial charge in [-0.2, -0.15) is 0 Å². The van der Waals surface area contributed by atoms with Crippen LogP contribution in [0.4, 0.5) is 0 Å². The molecule has 120 valence electrons. The summed E-state index contributed by atoms with van der Waals surface area (Å²) < 4.78 is 4.90. The second kappa shape index (κ2) is 8.13. The summed E-state index contributed by atoms with van der Waals surface area (Å²) >= 11 is 0. The zero-order valence-electron chi connectivity index (χ0n) is 13.4. The van der Waals surface area contributed by atoms with E-state index in [0.717, 1.165) is 5.56 Å². The average molecular weight is 311 g/mol. The predicted molar refractivity (Wildman–Crippen MR) is 88.9 cm³/mol. The summed E-state index contributed by atoms with van der Waals surface area (Å²) in [5.41, 5.74) is 1.45. The van der Waals surface area contributed by atoms with Crippen LogP contribution in [0.1, 0.15) is 35.3 Å². The summed E-state index contributed by atoms with van der Waals surface area (Å²) in [5, 5.41) is 2.98. The van der Waals surface area contributed by atoms with Gasteiger partial charge in [-0.25, -0.2) is 0 Å². The SMILES string of the molecule is CC[C@@H](C(=O)OC)[C@H](NC(=O)c1ccccc1)c1ccccc1. The van der Waals surface area contributed by atoms with Crippen LogP contribution in [0.25, 0.3) is 0 Å². The fourth-order valence-corrected chi connectivity index (χ4v) is 2.58. The molecule has 0 aliphatic heterocycles. The van der Waals surface area contributed by atoms with Gasteiger partial charge in [0, 0.05) is 5.56 Å². The minimum atomic E-state index is -0.435. The van der Waals surface area contributed by atoms with Gasteiger partial charge >= 0.3 is 5.97 Å². The number of hydrogen-bond acceptors (Lipinski definition) is 3. The van der Waals surface area contributed by atoms with Crippen molar-refractivity contribution in [3.05, 3.63) is 71.8 Å². The molecular formula is C19H21NO3. The van der Waals surface area contributed by atoms with Gasteiger partial charge in [-0.05, 0) is 24.1 Å². The molecule has 2 atom stereocenters. The van der Waals surface area contributed by atoms with Crippen molar-refractivity contribution in [1.82, 2.24) is 5.32 Å². The van der Waals surface area contributed by atoms with Gasteiger partial charge in [0.25, 0.3) is 5.91 Å². The molecule has 0 aliphatic carbocycles. The smallest absolute Gasteiger partial charge is 0.311 e. The van der Waals surface area contributed by atoms with Crippen molar-refractivity contribution >= 4 is 11.9 Å². The fraction of sp³-hybridized carbons (Fsp3) is 0.263. The van der Waals surface area contributed by atoms with E-state index < -0.39 is 12.0 Å². The Balaban J connectivity index is 2.30. The lowest BCUT2D eigenvalue weighted by molar-refractivity contribution is -0.146. The normalized spacial score (nSPS) is 13.0. The van der Waals surface area contributed by atoms with E-state index in [4.69, 9.17) is 4.74 Å². The molecule has 0 unspecified atom stereocenters. The lowest BCUT2D eigenvalue weighted by atomic mass is 9.90. The van der Waals surface area contributed by atoms with Gasteiger partial charge in [0.2, 0.25) is 0 Å². The monoisotopic (exact) mass is 311 g/mol. The molecule has 0 radical (unpaired) electrons. The van der Waals surface area contributed by atoms with Crippen LogP contribution >= 0.6 is 0 Å². The maximum atomic E-state index is 12.5. The molecule has 0 saturated carbocycles. The van der Waals surface area contributed by atoms with Gasteiger partial charge in [0.15, 0.2) is 0 Å². The van der Waals surface area contributed by atoms with Crippen molar-refractivity contribution in [3.8, 4) is 0 Å². The number of methoxy groups -OCH3 is 1. The standard InChI is InChI=1S/C19H21NO3/c1-3-16(19(22)23-2)17(14-10-6-4-7-11-14)20-18(21)15-12-8-5-9-13-15/h4-13,16-17H,3H2,1-2H3,(H,20,21)/t16-,17-/m1/s1. The third kappa shape index (κ3) is 4.19. The minimum Gasteiger partial charge on any atom is -0.469 e. The molecule has 2 aromatic rings. The van der Waals surface area contributed by atoms with Crippen LogP contribution in [0.5, 0.6) is 0 Å². The summed E-state index contributed by atoms with van der Waals surface area (Å²) in [7, 11) is 1.37. The number of carbonyl (C=O) groups is 2. The first-order valence-electron chi connectivity index (χ1n) is 7.66. The Bertz CT molecular complexity index is 640. The third-order valence-electron chi connectivity index (χ3n) is 3.83. The Kier molecular flexibility index (Phi) is 5.92. The van der Waals surface area contributed by atoms with E-state index in [1.54, 1.807) is 12.1 Å². The van der Waals surface area contributed by atoms with Crippen LogP contribution in [-0.4, -0.2) is 19.0 Å². The van der Waals surface area contributed by atoms with Crippen molar-refractivity contribution in [1.29, 1.82) is 0 Å². The van der Waals surface area contributed by atoms with Crippen LogP contribution in [0.2, 0.25) is 0 Å². The van der Waals surface area contributed by atoms with Crippen molar-refractivity contribution in [2.24, 2.45) is 5.92 Å². The minimum absolute atomic E-state index is 0.207. The van der Waals surface area contributed by atoms with E-state index in [0.29, 0.717) is 12.0 Å². The molecule has 0 aromatic heterocycles. The first kappa shape index (κ1) is 16.7. The summed E-state index contributed by atoms with van der Waals surface area (Å²) in [5.74, 6) is -0.966. The molecule has 0 spiro atoms. The lowest BCUT2D eigenvalue weighted by Gasteiger charge is -2.26. The highest BCUT2D eigenvalue weighted by Crippen LogP contribution is 2.26. The molecule has 4 nitrogen and oxygen atoms in total. The molecule has 0 saturated heterocycles. The summed E-state index contributed by atoms with van der Waals surface area (Å²) in [6.07, 6.45) is 0.571. The van der Waals surface area contributed by atoms with Crippen molar-refractivity contribution in [2.75, 3.05) is 7.11 Å². The number of carbonyl (C=O) groups excluding carboxylic acids is 2. The van der Waals surface area contributed by atoms with E-state index in [1.165, 1.54) is 7.11 Å².